The molecule has 3 nitrogen and oxygen atoms in total. The van der Waals surface area contributed by atoms with Gasteiger partial charge in [0, 0.05) is 0 Å². The maximum atomic E-state index is 12.8. The van der Waals surface area contributed by atoms with E-state index in [1.165, 1.54) is 24.3 Å². The van der Waals surface area contributed by atoms with Crippen LogP contribution in [0, 0.1) is 10.8 Å². The summed E-state index contributed by atoms with van der Waals surface area (Å²) in [6.07, 6.45) is 2.64. The highest BCUT2D eigenvalue weighted by atomic mass is 32.2. The van der Waals surface area contributed by atoms with Crippen LogP contribution in [-0.4, -0.2) is 27.2 Å². The molecule has 1 rings (SSSR count). The first-order valence-electron chi connectivity index (χ1n) is 9.55. The quantitative estimate of drug-likeness (QED) is 0.417. The SMILES string of the molecule is CC(C)(C)CCCCCC(C)(C)CS(=O)(=O)c1cccc(OCC(F)F)c1. The van der Waals surface area contributed by atoms with Crippen molar-refractivity contribution in [3.8, 4) is 5.75 Å². The third kappa shape index (κ3) is 10.1. The molecule has 0 unspecified atom stereocenters. The van der Waals surface area contributed by atoms with Gasteiger partial charge in [-0.2, -0.15) is 0 Å². The highest BCUT2D eigenvalue weighted by Gasteiger charge is 2.27. The molecule has 0 fully saturated rings. The Labute approximate surface area is 163 Å². The van der Waals surface area contributed by atoms with Crippen LogP contribution < -0.4 is 4.74 Å². The number of ether oxygens (including phenoxy) is 1. The van der Waals surface area contributed by atoms with E-state index in [0.29, 0.717) is 5.41 Å². The molecule has 0 saturated carbocycles. The second-order valence-electron chi connectivity index (χ2n) is 9.22. The fourth-order valence-electron chi connectivity index (χ4n) is 3.02. The maximum absolute atomic E-state index is 12.8. The number of benzene rings is 1. The van der Waals surface area contributed by atoms with Gasteiger partial charge in [0.25, 0.3) is 6.43 Å². The number of sulfone groups is 1. The second-order valence-corrected chi connectivity index (χ2v) is 11.2. The zero-order valence-corrected chi connectivity index (χ0v) is 18.0. The third-order valence-corrected chi connectivity index (χ3v) is 6.54. The summed E-state index contributed by atoms with van der Waals surface area (Å²) >= 11 is 0. The van der Waals surface area contributed by atoms with Gasteiger partial charge >= 0.3 is 0 Å². The minimum Gasteiger partial charge on any atom is -0.488 e. The molecule has 0 saturated heterocycles. The van der Waals surface area contributed by atoms with Crippen molar-refractivity contribution in [1.82, 2.24) is 0 Å². The predicted molar refractivity (Wildman–Crippen MR) is 106 cm³/mol. The molecular formula is C21H34F2O3S. The number of rotatable bonds is 11. The van der Waals surface area contributed by atoms with Crippen molar-refractivity contribution in [3.63, 3.8) is 0 Å². The Morgan fingerprint density at radius 1 is 1.00 bits per heavy atom. The fourth-order valence-corrected chi connectivity index (χ4v) is 4.94. The molecule has 0 heterocycles. The number of halogens is 2. The first kappa shape index (κ1) is 23.9. The lowest BCUT2D eigenvalue weighted by Crippen LogP contribution is -2.24. The Kier molecular flexibility index (Phi) is 8.71. The van der Waals surface area contributed by atoms with E-state index in [-0.39, 0.29) is 21.8 Å². The van der Waals surface area contributed by atoms with Crippen LogP contribution in [0.5, 0.6) is 5.75 Å². The Hall–Kier alpha value is -1.17. The summed E-state index contributed by atoms with van der Waals surface area (Å²) in [5, 5.41) is 0. The van der Waals surface area contributed by atoms with Gasteiger partial charge in [-0.05, 0) is 41.9 Å². The monoisotopic (exact) mass is 404 g/mol. The Morgan fingerprint density at radius 3 is 2.22 bits per heavy atom. The average Bonchev–Trinajstić information content (AvgIpc) is 2.50. The molecule has 156 valence electrons. The van der Waals surface area contributed by atoms with E-state index in [1.54, 1.807) is 0 Å². The maximum Gasteiger partial charge on any atom is 0.272 e. The van der Waals surface area contributed by atoms with Crippen molar-refractivity contribution < 1.29 is 21.9 Å². The zero-order chi connectivity index (χ0) is 20.7. The number of unbranched alkanes of at least 4 members (excludes halogenated alkanes) is 2. The average molecular weight is 405 g/mol. The van der Waals surface area contributed by atoms with Gasteiger partial charge in [0.2, 0.25) is 0 Å². The van der Waals surface area contributed by atoms with Crippen LogP contribution in [-0.2, 0) is 9.84 Å². The van der Waals surface area contributed by atoms with Crippen LogP contribution in [0.1, 0.15) is 66.7 Å². The molecule has 0 radical (unpaired) electrons. The van der Waals surface area contributed by atoms with Gasteiger partial charge in [-0.1, -0.05) is 59.9 Å². The molecule has 27 heavy (non-hydrogen) atoms. The molecule has 0 N–H and O–H groups in total. The summed E-state index contributed by atoms with van der Waals surface area (Å²) in [6, 6.07) is 5.83. The lowest BCUT2D eigenvalue weighted by molar-refractivity contribution is 0.0818. The Bertz CT molecular complexity index is 677. The minimum absolute atomic E-state index is 0.0254. The molecule has 0 spiro atoms. The van der Waals surface area contributed by atoms with Gasteiger partial charge in [-0.15, -0.1) is 0 Å². The van der Waals surface area contributed by atoms with Crippen molar-refractivity contribution in [2.75, 3.05) is 12.4 Å². The van der Waals surface area contributed by atoms with Crippen molar-refractivity contribution in [2.24, 2.45) is 10.8 Å². The molecule has 0 amide bonds. The van der Waals surface area contributed by atoms with E-state index in [4.69, 9.17) is 4.74 Å². The van der Waals surface area contributed by atoms with E-state index in [2.05, 4.69) is 20.8 Å². The summed E-state index contributed by atoms with van der Waals surface area (Å²) in [5.41, 5.74) is -0.0172. The smallest absolute Gasteiger partial charge is 0.272 e. The van der Waals surface area contributed by atoms with E-state index in [1.807, 2.05) is 13.8 Å². The Balaban J connectivity index is 2.63. The van der Waals surface area contributed by atoms with Gasteiger partial charge in [0.15, 0.2) is 9.84 Å². The molecule has 0 aliphatic carbocycles. The number of hydrogen-bond donors (Lipinski definition) is 0. The molecule has 1 aromatic rings. The van der Waals surface area contributed by atoms with Gasteiger partial charge < -0.3 is 4.74 Å². The number of alkyl halides is 2. The lowest BCUT2D eigenvalue weighted by Gasteiger charge is -2.25. The largest absolute Gasteiger partial charge is 0.488 e. The van der Waals surface area contributed by atoms with E-state index < -0.39 is 22.9 Å². The normalized spacial score (nSPS) is 13.2. The van der Waals surface area contributed by atoms with Crippen molar-refractivity contribution in [2.45, 2.75) is 78.0 Å². The second kappa shape index (κ2) is 9.85. The third-order valence-electron chi connectivity index (χ3n) is 4.40. The molecule has 0 aromatic heterocycles. The Morgan fingerprint density at radius 2 is 1.63 bits per heavy atom. The molecular weight excluding hydrogens is 370 g/mol. The summed E-state index contributed by atoms with van der Waals surface area (Å²) in [4.78, 5) is 0.120. The van der Waals surface area contributed by atoms with Crippen molar-refractivity contribution >= 4 is 9.84 Å². The van der Waals surface area contributed by atoms with Crippen molar-refractivity contribution in [1.29, 1.82) is 0 Å². The topological polar surface area (TPSA) is 43.4 Å². The first-order valence-corrected chi connectivity index (χ1v) is 11.2. The van der Waals surface area contributed by atoms with E-state index >= 15 is 0 Å². The lowest BCUT2D eigenvalue weighted by atomic mass is 9.86. The van der Waals surface area contributed by atoms with Crippen LogP contribution in [0.4, 0.5) is 8.78 Å². The van der Waals surface area contributed by atoms with Crippen LogP contribution in [0.15, 0.2) is 29.2 Å². The van der Waals surface area contributed by atoms with Gasteiger partial charge in [0.05, 0.1) is 10.6 Å². The molecule has 0 aliphatic rings. The highest BCUT2D eigenvalue weighted by Crippen LogP contribution is 2.30. The van der Waals surface area contributed by atoms with Crippen LogP contribution in [0.3, 0.4) is 0 Å². The molecule has 6 heteroatoms. The predicted octanol–water partition coefficient (Wildman–Crippen LogP) is 6.13. The fraction of sp³-hybridized carbons (Fsp3) is 0.714. The minimum atomic E-state index is -3.51. The van der Waals surface area contributed by atoms with Crippen molar-refractivity contribution in [3.05, 3.63) is 24.3 Å². The van der Waals surface area contributed by atoms with Gasteiger partial charge in [-0.25, -0.2) is 17.2 Å². The first-order chi connectivity index (χ1) is 12.3. The highest BCUT2D eigenvalue weighted by molar-refractivity contribution is 7.91. The van der Waals surface area contributed by atoms with E-state index in [0.717, 1.165) is 32.1 Å². The van der Waals surface area contributed by atoms with Crippen LogP contribution >= 0.6 is 0 Å². The summed E-state index contributed by atoms with van der Waals surface area (Å²) in [7, 11) is -3.51. The summed E-state index contributed by atoms with van der Waals surface area (Å²) in [6.45, 7) is 9.86. The summed E-state index contributed by atoms with van der Waals surface area (Å²) in [5.74, 6) is 0.175. The molecule has 0 atom stereocenters. The molecule has 1 aromatic carbocycles. The zero-order valence-electron chi connectivity index (χ0n) is 17.2. The standard InChI is InChI=1S/C21H34F2O3S/c1-20(2,3)12-7-6-8-13-21(4,5)16-27(24,25)18-11-9-10-17(14-18)26-15-19(22)23/h9-11,14,19H,6-8,12-13,15-16H2,1-5H3. The molecule has 0 aliphatic heterocycles. The number of hydrogen-bond acceptors (Lipinski definition) is 3. The van der Waals surface area contributed by atoms with Crippen LogP contribution in [0.25, 0.3) is 0 Å². The van der Waals surface area contributed by atoms with Gasteiger partial charge in [0.1, 0.15) is 12.4 Å². The summed E-state index contributed by atoms with van der Waals surface area (Å²) < 4.78 is 55.0. The van der Waals surface area contributed by atoms with Crippen LogP contribution in [0.2, 0.25) is 0 Å². The molecule has 0 bridgehead atoms. The van der Waals surface area contributed by atoms with Gasteiger partial charge in [-0.3, -0.25) is 0 Å². The van der Waals surface area contributed by atoms with E-state index in [9.17, 15) is 17.2 Å².